The van der Waals surface area contributed by atoms with Gasteiger partial charge in [-0.3, -0.25) is 9.78 Å². The van der Waals surface area contributed by atoms with E-state index in [1.807, 2.05) is 0 Å². The summed E-state index contributed by atoms with van der Waals surface area (Å²) in [6.45, 7) is 1.05. The summed E-state index contributed by atoms with van der Waals surface area (Å²) < 4.78 is 41.8. The smallest absolute Gasteiger partial charge is 0.417 e. The van der Waals surface area contributed by atoms with Crippen LogP contribution in [0.1, 0.15) is 10.6 Å². The second-order valence-electron chi connectivity index (χ2n) is 5.79. The third kappa shape index (κ3) is 3.27. The number of benzene rings is 1. The van der Waals surface area contributed by atoms with Crippen molar-refractivity contribution < 1.29 is 26.8 Å². The zero-order valence-corrected chi connectivity index (χ0v) is 14.7. The quantitative estimate of drug-likeness (QED) is 0.675. The number of nitrogens with zero attached hydrogens (tertiary/aromatic N) is 1. The van der Waals surface area contributed by atoms with Crippen LogP contribution in [0.25, 0.3) is 11.1 Å². The first-order valence-electron chi connectivity index (χ1n) is 8.06. The third-order valence-corrected chi connectivity index (χ3v) is 5.84. The number of hydrogen-bond acceptors (Lipinski definition) is 7. The minimum Gasteiger partial charge on any atom is -0.438 e. The number of rotatable bonds is 4. The highest BCUT2D eigenvalue weighted by atomic mass is 32.2. The molecule has 142 valence electrons. The normalized spacial score (nSPS) is 15.9. The number of amides is 1. The molecule has 11 heteroatoms. The van der Waals surface area contributed by atoms with E-state index in [0.717, 1.165) is 0 Å². The van der Waals surface area contributed by atoms with E-state index in [9.17, 15) is 18.0 Å². The summed E-state index contributed by atoms with van der Waals surface area (Å²) in [6, 6.07) is 7.30. The van der Waals surface area contributed by atoms with Crippen molar-refractivity contribution in [3.63, 3.8) is 0 Å². The van der Waals surface area contributed by atoms with Gasteiger partial charge in [-0.2, -0.15) is 4.31 Å². The third-order valence-electron chi connectivity index (χ3n) is 4.06. The topological polar surface area (TPSA) is 135 Å². The fourth-order valence-corrected chi connectivity index (χ4v) is 4.07. The first kappa shape index (κ1) is 17.5. The molecular formula is C16H15N3O7S. The lowest BCUT2D eigenvalue weighted by atomic mass is 10.2. The Bertz CT molecular complexity index is 1150. The molecule has 0 aliphatic carbocycles. The van der Waals surface area contributed by atoms with Crippen LogP contribution in [-0.4, -0.2) is 49.9 Å². The number of anilines is 1. The van der Waals surface area contributed by atoms with Crippen LogP contribution < -0.4 is 11.1 Å². The Hall–Kier alpha value is -2.89. The van der Waals surface area contributed by atoms with Gasteiger partial charge < -0.3 is 18.9 Å². The molecular weight excluding hydrogens is 378 g/mol. The number of nitrogens with one attached hydrogen (secondary N) is 2. The van der Waals surface area contributed by atoms with E-state index >= 15 is 0 Å². The van der Waals surface area contributed by atoms with Crippen molar-refractivity contribution in [2.24, 2.45) is 0 Å². The Morgan fingerprint density at radius 3 is 2.67 bits per heavy atom. The zero-order valence-electron chi connectivity index (χ0n) is 13.9. The van der Waals surface area contributed by atoms with Gasteiger partial charge in [-0.1, -0.05) is 6.07 Å². The molecule has 1 amide bonds. The zero-order chi connectivity index (χ0) is 19.0. The van der Waals surface area contributed by atoms with Crippen LogP contribution in [0.3, 0.4) is 0 Å². The minimum atomic E-state index is -3.84. The number of aromatic amines is 1. The highest BCUT2D eigenvalue weighted by molar-refractivity contribution is 7.89. The summed E-state index contributed by atoms with van der Waals surface area (Å²) in [5.41, 5.74) is 0.862. The summed E-state index contributed by atoms with van der Waals surface area (Å²) in [5, 5.41) is 2.23. The van der Waals surface area contributed by atoms with Crippen molar-refractivity contribution >= 4 is 32.7 Å². The molecule has 2 N–H and O–H groups in total. The van der Waals surface area contributed by atoms with E-state index in [2.05, 4.69) is 10.3 Å². The van der Waals surface area contributed by atoms with E-state index in [4.69, 9.17) is 13.6 Å². The van der Waals surface area contributed by atoms with Crippen molar-refractivity contribution in [3.8, 4) is 0 Å². The van der Waals surface area contributed by atoms with E-state index in [1.165, 1.54) is 16.4 Å². The lowest BCUT2D eigenvalue weighted by Crippen LogP contribution is -2.40. The maximum Gasteiger partial charge on any atom is 0.417 e. The fraction of sp³-hybridized carbons (Fsp3) is 0.250. The number of oxazole rings is 1. The van der Waals surface area contributed by atoms with Crippen molar-refractivity contribution in [1.82, 2.24) is 9.29 Å². The number of furan rings is 1. The van der Waals surface area contributed by atoms with Crippen LogP contribution in [0.15, 0.2) is 49.1 Å². The maximum atomic E-state index is 12.6. The number of para-hydroxylation sites is 1. The number of hydrogen-bond donors (Lipinski definition) is 2. The van der Waals surface area contributed by atoms with Crippen molar-refractivity contribution in [3.05, 3.63) is 46.6 Å². The Labute approximate surface area is 152 Å². The van der Waals surface area contributed by atoms with Crippen molar-refractivity contribution in [2.75, 3.05) is 31.6 Å². The molecule has 0 unspecified atom stereocenters. The molecule has 1 fully saturated rings. The molecule has 27 heavy (non-hydrogen) atoms. The first-order valence-corrected chi connectivity index (χ1v) is 9.50. The van der Waals surface area contributed by atoms with Crippen molar-refractivity contribution in [1.29, 1.82) is 0 Å². The van der Waals surface area contributed by atoms with E-state index in [0.29, 0.717) is 18.7 Å². The Morgan fingerprint density at radius 1 is 1.11 bits per heavy atom. The molecule has 3 heterocycles. The molecule has 0 radical (unpaired) electrons. The van der Waals surface area contributed by atoms with Gasteiger partial charge in [-0.25, -0.2) is 13.2 Å². The van der Waals surface area contributed by atoms with Gasteiger partial charge in [0.1, 0.15) is 0 Å². The summed E-state index contributed by atoms with van der Waals surface area (Å²) >= 11 is 0. The second kappa shape index (κ2) is 6.68. The van der Waals surface area contributed by atoms with Gasteiger partial charge in [0.05, 0.1) is 24.4 Å². The number of morpholine rings is 1. The SMILES string of the molecule is O=C(Nc1cccc2[nH]c(=O)oc12)c1ccc(S(=O)(=O)N2CCOCC2)o1. The number of H-pyrrole nitrogens is 1. The van der Waals surface area contributed by atoms with Crippen molar-refractivity contribution in [2.45, 2.75) is 5.09 Å². The van der Waals surface area contributed by atoms with Crippen LogP contribution in [0.5, 0.6) is 0 Å². The Kier molecular flexibility index (Phi) is 4.34. The van der Waals surface area contributed by atoms with Gasteiger partial charge in [0.15, 0.2) is 11.3 Å². The predicted octanol–water partition coefficient (Wildman–Crippen LogP) is 0.987. The minimum absolute atomic E-state index is 0.184. The number of ether oxygens (including phenoxy) is 1. The van der Waals surface area contributed by atoms with Crippen LogP contribution in [0.2, 0.25) is 0 Å². The average Bonchev–Trinajstić information content (AvgIpc) is 3.29. The maximum absolute atomic E-state index is 12.6. The summed E-state index contributed by atoms with van der Waals surface area (Å²) in [6.07, 6.45) is 0. The lowest BCUT2D eigenvalue weighted by molar-refractivity contribution is 0.0723. The molecule has 0 bridgehead atoms. The number of fused-ring (bicyclic) bond motifs is 1. The van der Waals surface area contributed by atoms with Crippen LogP contribution in [-0.2, 0) is 14.8 Å². The number of sulfonamides is 1. The molecule has 1 aliphatic rings. The summed E-state index contributed by atoms with van der Waals surface area (Å²) in [5.74, 6) is -1.50. The van der Waals surface area contributed by atoms with Crippen LogP contribution in [0, 0.1) is 0 Å². The number of aromatic nitrogens is 1. The molecule has 2 aromatic heterocycles. The highest BCUT2D eigenvalue weighted by Gasteiger charge is 2.30. The molecule has 1 aliphatic heterocycles. The fourth-order valence-electron chi connectivity index (χ4n) is 2.75. The summed E-state index contributed by atoms with van der Waals surface area (Å²) in [7, 11) is -3.84. The molecule has 0 atom stereocenters. The van der Waals surface area contributed by atoms with Gasteiger partial charge in [-0.15, -0.1) is 0 Å². The largest absolute Gasteiger partial charge is 0.438 e. The molecule has 4 rings (SSSR count). The molecule has 1 aromatic carbocycles. The molecule has 0 spiro atoms. The van der Waals surface area contributed by atoms with E-state index < -0.39 is 21.7 Å². The molecule has 0 saturated carbocycles. The van der Waals surface area contributed by atoms with Gasteiger partial charge >= 0.3 is 5.76 Å². The molecule has 1 saturated heterocycles. The second-order valence-corrected chi connectivity index (χ2v) is 7.65. The van der Waals surface area contributed by atoms with Gasteiger partial charge in [0.25, 0.3) is 15.9 Å². The van der Waals surface area contributed by atoms with Crippen LogP contribution >= 0.6 is 0 Å². The molecule has 3 aromatic rings. The van der Waals surface area contributed by atoms with E-state index in [-0.39, 0.29) is 35.2 Å². The first-order chi connectivity index (χ1) is 12.9. The lowest BCUT2D eigenvalue weighted by Gasteiger charge is -2.24. The van der Waals surface area contributed by atoms with Crippen LogP contribution in [0.4, 0.5) is 5.69 Å². The monoisotopic (exact) mass is 393 g/mol. The van der Waals surface area contributed by atoms with E-state index in [1.54, 1.807) is 18.2 Å². The average molecular weight is 393 g/mol. The Balaban J connectivity index is 1.57. The summed E-state index contributed by atoms with van der Waals surface area (Å²) in [4.78, 5) is 26.2. The number of carbonyl (C=O) groups excluding carboxylic acids is 1. The molecule has 10 nitrogen and oxygen atoms in total. The number of carbonyl (C=O) groups is 1. The Morgan fingerprint density at radius 2 is 1.89 bits per heavy atom. The standard InChI is InChI=1S/C16H15N3O7S/c20-15(17-10-2-1-3-11-14(10)26-16(21)18-11)12-4-5-13(25-12)27(22,23)19-6-8-24-9-7-19/h1-5H,6-9H2,(H,17,20)(H,18,21). The van der Waals surface area contributed by atoms with Gasteiger partial charge in [0, 0.05) is 13.1 Å². The van der Waals surface area contributed by atoms with Gasteiger partial charge in [-0.05, 0) is 24.3 Å². The predicted molar refractivity (Wildman–Crippen MR) is 93.1 cm³/mol. The van der Waals surface area contributed by atoms with Gasteiger partial charge in [0.2, 0.25) is 5.09 Å². The highest BCUT2D eigenvalue weighted by Crippen LogP contribution is 2.23.